The largest absolute Gasteiger partial charge is 0.372 e. The second-order valence-corrected chi connectivity index (χ2v) is 6.61. The van der Waals surface area contributed by atoms with E-state index in [1.54, 1.807) is 4.90 Å². The van der Waals surface area contributed by atoms with E-state index in [1.807, 2.05) is 29.2 Å². The van der Waals surface area contributed by atoms with Crippen LogP contribution in [0.5, 0.6) is 0 Å². The molecule has 0 aliphatic carbocycles. The second kappa shape index (κ2) is 9.57. The van der Waals surface area contributed by atoms with E-state index in [2.05, 4.69) is 30.6 Å². The first kappa shape index (κ1) is 20.2. The zero-order valence-corrected chi connectivity index (χ0v) is 16.6. The van der Waals surface area contributed by atoms with Crippen LogP contribution in [0, 0.1) is 0 Å². The number of hydrogen-bond acceptors (Lipinski definition) is 4. The zero-order valence-electron chi connectivity index (χ0n) is 16.6. The summed E-state index contributed by atoms with van der Waals surface area (Å²) in [6.45, 7) is 14.2. The first-order valence-corrected chi connectivity index (χ1v) is 9.63. The van der Waals surface area contributed by atoms with Crippen LogP contribution in [0.3, 0.4) is 0 Å². The minimum absolute atomic E-state index is 0.0174. The van der Waals surface area contributed by atoms with Gasteiger partial charge < -0.3 is 19.6 Å². The Kier molecular flexibility index (Phi) is 7.45. The van der Waals surface area contributed by atoms with Crippen molar-refractivity contribution in [3.63, 3.8) is 0 Å². The number of carbonyl (C=O) groups excluding carboxylic acids is 2. The molecular weight excluding hydrogens is 328 g/mol. The molecule has 1 aromatic carbocycles. The number of carbonyl (C=O) groups is 2. The van der Waals surface area contributed by atoms with Gasteiger partial charge >= 0.3 is 0 Å². The molecule has 1 aliphatic rings. The molecule has 6 nitrogen and oxygen atoms in total. The van der Waals surface area contributed by atoms with E-state index in [0.717, 1.165) is 57.2 Å². The van der Waals surface area contributed by atoms with Crippen molar-refractivity contribution in [3.8, 4) is 0 Å². The fourth-order valence-electron chi connectivity index (χ4n) is 3.37. The van der Waals surface area contributed by atoms with Crippen LogP contribution in [0.15, 0.2) is 24.3 Å². The molecule has 1 aromatic rings. The Hall–Kier alpha value is -2.08. The van der Waals surface area contributed by atoms with Crippen LogP contribution in [-0.2, 0) is 9.59 Å². The molecule has 1 saturated heterocycles. The van der Waals surface area contributed by atoms with Crippen molar-refractivity contribution in [2.45, 2.75) is 27.7 Å². The van der Waals surface area contributed by atoms with Gasteiger partial charge in [0.2, 0.25) is 11.8 Å². The van der Waals surface area contributed by atoms with Gasteiger partial charge in [-0.2, -0.15) is 0 Å². The van der Waals surface area contributed by atoms with E-state index < -0.39 is 0 Å². The highest BCUT2D eigenvalue weighted by Crippen LogP contribution is 2.21. The lowest BCUT2D eigenvalue weighted by Crippen LogP contribution is -2.51. The van der Waals surface area contributed by atoms with Gasteiger partial charge in [0.1, 0.15) is 6.54 Å². The maximum Gasteiger partial charge on any atom is 0.242 e. The number of benzene rings is 1. The molecule has 0 aromatic heterocycles. The van der Waals surface area contributed by atoms with Gasteiger partial charge in [-0.25, -0.2) is 0 Å². The monoisotopic (exact) mass is 360 g/mol. The third-order valence-corrected chi connectivity index (χ3v) is 5.14. The van der Waals surface area contributed by atoms with Gasteiger partial charge in [-0.1, -0.05) is 6.92 Å². The SMILES string of the molecule is CCN1CCN(C(=O)CN(C(C)=O)c2ccc(N(CC)CC)cc2)CC1. The summed E-state index contributed by atoms with van der Waals surface area (Å²) >= 11 is 0. The lowest BCUT2D eigenvalue weighted by molar-refractivity contribution is -0.132. The molecule has 6 heteroatoms. The predicted octanol–water partition coefficient (Wildman–Crippen LogP) is 2.05. The quantitative estimate of drug-likeness (QED) is 0.747. The van der Waals surface area contributed by atoms with Crippen molar-refractivity contribution >= 4 is 23.2 Å². The van der Waals surface area contributed by atoms with Gasteiger partial charge in [0.05, 0.1) is 0 Å². The molecule has 144 valence electrons. The Morgan fingerprint density at radius 1 is 0.923 bits per heavy atom. The molecule has 0 unspecified atom stereocenters. The van der Waals surface area contributed by atoms with Gasteiger partial charge in [0.25, 0.3) is 0 Å². The lowest BCUT2D eigenvalue weighted by Gasteiger charge is -2.35. The second-order valence-electron chi connectivity index (χ2n) is 6.61. The van der Waals surface area contributed by atoms with Crippen molar-refractivity contribution in [1.82, 2.24) is 9.80 Å². The normalized spacial score (nSPS) is 15.0. The topological polar surface area (TPSA) is 47.1 Å². The maximum absolute atomic E-state index is 12.7. The average molecular weight is 361 g/mol. The number of hydrogen-bond donors (Lipinski definition) is 0. The number of piperazine rings is 1. The molecule has 1 heterocycles. The fraction of sp³-hybridized carbons (Fsp3) is 0.600. The molecule has 1 fully saturated rings. The minimum Gasteiger partial charge on any atom is -0.372 e. The van der Waals surface area contributed by atoms with Crippen LogP contribution in [-0.4, -0.2) is 74.0 Å². The van der Waals surface area contributed by atoms with Crippen LogP contribution in [0.1, 0.15) is 27.7 Å². The number of amides is 2. The standard InChI is InChI=1S/C20H32N4O2/c1-5-21-12-14-23(15-13-21)20(26)16-24(17(4)25)19-10-8-18(9-11-19)22(6-2)7-3/h8-11H,5-7,12-16H2,1-4H3. The lowest BCUT2D eigenvalue weighted by atomic mass is 10.2. The smallest absolute Gasteiger partial charge is 0.242 e. The highest BCUT2D eigenvalue weighted by molar-refractivity contribution is 5.97. The van der Waals surface area contributed by atoms with E-state index in [1.165, 1.54) is 6.92 Å². The number of nitrogens with zero attached hydrogens (tertiary/aromatic N) is 4. The van der Waals surface area contributed by atoms with E-state index >= 15 is 0 Å². The van der Waals surface area contributed by atoms with Crippen molar-refractivity contribution in [3.05, 3.63) is 24.3 Å². The summed E-state index contributed by atoms with van der Waals surface area (Å²) in [6, 6.07) is 7.89. The molecule has 2 rings (SSSR count). The van der Waals surface area contributed by atoms with Gasteiger partial charge in [0, 0.05) is 57.6 Å². The van der Waals surface area contributed by atoms with Crippen molar-refractivity contribution in [2.24, 2.45) is 0 Å². The Morgan fingerprint density at radius 2 is 1.46 bits per heavy atom. The van der Waals surface area contributed by atoms with Gasteiger partial charge in [-0.3, -0.25) is 9.59 Å². The van der Waals surface area contributed by atoms with E-state index in [4.69, 9.17) is 0 Å². The highest BCUT2D eigenvalue weighted by Gasteiger charge is 2.23. The molecule has 0 N–H and O–H groups in total. The highest BCUT2D eigenvalue weighted by atomic mass is 16.2. The van der Waals surface area contributed by atoms with Gasteiger partial charge in [0.15, 0.2) is 0 Å². The third-order valence-electron chi connectivity index (χ3n) is 5.14. The summed E-state index contributed by atoms with van der Waals surface area (Å²) in [6.07, 6.45) is 0. The van der Waals surface area contributed by atoms with Crippen molar-refractivity contribution in [2.75, 3.05) is 62.2 Å². The Morgan fingerprint density at radius 3 is 1.92 bits per heavy atom. The van der Waals surface area contributed by atoms with Gasteiger partial charge in [-0.15, -0.1) is 0 Å². The molecule has 2 amide bonds. The number of anilines is 2. The van der Waals surface area contributed by atoms with Crippen LogP contribution >= 0.6 is 0 Å². The molecule has 0 spiro atoms. The molecule has 0 atom stereocenters. The molecule has 0 saturated carbocycles. The Balaban J connectivity index is 2.04. The Labute approximate surface area is 157 Å². The third kappa shape index (κ3) is 4.97. The van der Waals surface area contributed by atoms with Crippen molar-refractivity contribution < 1.29 is 9.59 Å². The molecule has 0 bridgehead atoms. The summed E-state index contributed by atoms with van der Waals surface area (Å²) in [7, 11) is 0. The van der Waals surface area contributed by atoms with Crippen LogP contribution in [0.2, 0.25) is 0 Å². The number of likely N-dealkylation sites (N-methyl/N-ethyl adjacent to an activating group) is 1. The van der Waals surface area contributed by atoms with Crippen molar-refractivity contribution in [1.29, 1.82) is 0 Å². The van der Waals surface area contributed by atoms with Crippen LogP contribution in [0.4, 0.5) is 11.4 Å². The summed E-state index contributed by atoms with van der Waals surface area (Å²) in [5, 5.41) is 0. The van der Waals surface area contributed by atoms with Crippen LogP contribution in [0.25, 0.3) is 0 Å². The van der Waals surface area contributed by atoms with Crippen LogP contribution < -0.4 is 9.80 Å². The number of rotatable bonds is 7. The zero-order chi connectivity index (χ0) is 19.1. The van der Waals surface area contributed by atoms with E-state index in [9.17, 15) is 9.59 Å². The van der Waals surface area contributed by atoms with E-state index in [-0.39, 0.29) is 18.4 Å². The summed E-state index contributed by atoms with van der Waals surface area (Å²) < 4.78 is 0. The van der Waals surface area contributed by atoms with Gasteiger partial charge in [-0.05, 0) is 44.7 Å². The van der Waals surface area contributed by atoms with E-state index in [0.29, 0.717) is 0 Å². The molecule has 26 heavy (non-hydrogen) atoms. The average Bonchev–Trinajstić information content (AvgIpc) is 2.67. The summed E-state index contributed by atoms with van der Waals surface area (Å²) in [5.41, 5.74) is 1.90. The summed E-state index contributed by atoms with van der Waals surface area (Å²) in [4.78, 5) is 32.8. The first-order chi connectivity index (χ1) is 12.5. The molecular formula is C20H32N4O2. The maximum atomic E-state index is 12.7. The first-order valence-electron chi connectivity index (χ1n) is 9.63. The minimum atomic E-state index is -0.110. The predicted molar refractivity (Wildman–Crippen MR) is 107 cm³/mol. The summed E-state index contributed by atoms with van der Waals surface area (Å²) in [5.74, 6) is -0.0927. The fourth-order valence-corrected chi connectivity index (χ4v) is 3.37. The Bertz CT molecular complexity index is 590. The molecule has 1 aliphatic heterocycles. The molecule has 0 radical (unpaired) electrons.